The van der Waals surface area contributed by atoms with E-state index in [0.717, 1.165) is 18.5 Å². The highest BCUT2D eigenvalue weighted by molar-refractivity contribution is 5.75. The summed E-state index contributed by atoms with van der Waals surface area (Å²) in [5.74, 6) is -1.61. The number of ether oxygens (including phenoxy) is 2. The van der Waals surface area contributed by atoms with Crippen molar-refractivity contribution in [3.8, 4) is 5.75 Å². The van der Waals surface area contributed by atoms with Crippen molar-refractivity contribution in [2.75, 3.05) is 20.6 Å². The predicted octanol–water partition coefficient (Wildman–Crippen LogP) is 4.36. The minimum atomic E-state index is -4.99. The van der Waals surface area contributed by atoms with E-state index in [1.165, 1.54) is 0 Å². The molecule has 0 radical (unpaired) electrons. The Bertz CT molecular complexity index is 716. The third kappa shape index (κ3) is 6.94. The molecule has 0 aromatic heterocycles. The molecule has 27 heavy (non-hydrogen) atoms. The molecule has 4 nitrogen and oxygen atoms in total. The lowest BCUT2D eigenvalue weighted by molar-refractivity contribution is -0.201. The third-order valence-corrected chi connectivity index (χ3v) is 3.81. The smallest absolute Gasteiger partial charge is 0.486 e. The van der Waals surface area contributed by atoms with Gasteiger partial charge < -0.3 is 14.4 Å². The maximum Gasteiger partial charge on any atom is 0.490 e. The lowest BCUT2D eigenvalue weighted by atomic mass is 10.1. The van der Waals surface area contributed by atoms with Gasteiger partial charge in [0, 0.05) is 13.0 Å². The predicted molar refractivity (Wildman–Crippen MR) is 95.3 cm³/mol. The van der Waals surface area contributed by atoms with Crippen LogP contribution in [0, 0.1) is 0 Å². The molecule has 2 aromatic carbocycles. The summed E-state index contributed by atoms with van der Waals surface area (Å²) in [6.45, 7) is 0.395. The van der Waals surface area contributed by atoms with E-state index >= 15 is 0 Å². The number of carbonyl (C=O) groups excluding carboxylic acids is 1. The number of hydrogen-bond acceptors (Lipinski definition) is 4. The van der Waals surface area contributed by atoms with Gasteiger partial charge in [-0.3, -0.25) is 0 Å². The minimum Gasteiger partial charge on any atom is -0.486 e. The van der Waals surface area contributed by atoms with Gasteiger partial charge in [0.1, 0.15) is 18.5 Å². The quantitative estimate of drug-likeness (QED) is 0.637. The molecule has 146 valence electrons. The first-order valence-electron chi connectivity index (χ1n) is 8.45. The zero-order valence-corrected chi connectivity index (χ0v) is 15.2. The van der Waals surface area contributed by atoms with Gasteiger partial charge in [-0.05, 0) is 37.4 Å². The molecule has 0 spiro atoms. The molecule has 2 aromatic rings. The van der Waals surface area contributed by atoms with Gasteiger partial charge in [-0.15, -0.1) is 0 Å². The molecule has 0 aliphatic heterocycles. The highest BCUT2D eigenvalue weighted by Gasteiger charge is 2.40. The molecular formula is C20H22F3NO3. The van der Waals surface area contributed by atoms with Crippen LogP contribution in [0.1, 0.15) is 23.7 Å². The first kappa shape index (κ1) is 20.8. The molecule has 1 atom stereocenters. The number of carbonyl (C=O) groups is 1. The van der Waals surface area contributed by atoms with Gasteiger partial charge in [-0.2, -0.15) is 13.2 Å². The summed E-state index contributed by atoms with van der Waals surface area (Å²) in [7, 11) is 3.97. The van der Waals surface area contributed by atoms with E-state index in [1.54, 1.807) is 24.3 Å². The fourth-order valence-corrected chi connectivity index (χ4v) is 2.40. The standard InChI is InChI=1S/C20H22F3NO3/c1-24(2)13-12-18(16-6-4-3-5-7-16)27-17-10-8-15(9-11-17)14-26-19(25)20(21,22)23/h3-11,18H,12-14H2,1-2H3. The summed E-state index contributed by atoms with van der Waals surface area (Å²) in [5.41, 5.74) is 1.49. The maximum absolute atomic E-state index is 12.2. The topological polar surface area (TPSA) is 38.8 Å². The van der Waals surface area contributed by atoms with Crippen LogP contribution in [0.15, 0.2) is 54.6 Å². The maximum atomic E-state index is 12.2. The van der Waals surface area contributed by atoms with Crippen LogP contribution in [0.25, 0.3) is 0 Å². The average Bonchev–Trinajstić information content (AvgIpc) is 2.64. The fraction of sp³-hybridized carbons (Fsp3) is 0.350. The van der Waals surface area contributed by atoms with Crippen molar-refractivity contribution in [3.05, 3.63) is 65.7 Å². The van der Waals surface area contributed by atoms with E-state index in [0.29, 0.717) is 11.3 Å². The number of hydrogen-bond donors (Lipinski definition) is 0. The van der Waals surface area contributed by atoms with Crippen LogP contribution in [-0.4, -0.2) is 37.7 Å². The van der Waals surface area contributed by atoms with Gasteiger partial charge in [0.25, 0.3) is 0 Å². The Labute approximate surface area is 156 Å². The second kappa shape index (κ2) is 9.41. The van der Waals surface area contributed by atoms with Crippen molar-refractivity contribution in [3.63, 3.8) is 0 Å². The second-order valence-electron chi connectivity index (χ2n) is 6.33. The Balaban J connectivity index is 2.00. The molecule has 0 heterocycles. The van der Waals surface area contributed by atoms with Crippen molar-refractivity contribution in [1.29, 1.82) is 0 Å². The van der Waals surface area contributed by atoms with E-state index in [2.05, 4.69) is 9.64 Å². The largest absolute Gasteiger partial charge is 0.490 e. The zero-order valence-electron chi connectivity index (χ0n) is 15.2. The monoisotopic (exact) mass is 381 g/mol. The van der Waals surface area contributed by atoms with Gasteiger partial charge in [0.05, 0.1) is 0 Å². The molecule has 0 fully saturated rings. The van der Waals surface area contributed by atoms with Crippen molar-refractivity contribution in [1.82, 2.24) is 4.90 Å². The van der Waals surface area contributed by atoms with E-state index in [9.17, 15) is 18.0 Å². The van der Waals surface area contributed by atoms with Crippen molar-refractivity contribution in [2.24, 2.45) is 0 Å². The fourth-order valence-electron chi connectivity index (χ4n) is 2.40. The first-order valence-corrected chi connectivity index (χ1v) is 8.45. The van der Waals surface area contributed by atoms with Gasteiger partial charge in [0.15, 0.2) is 0 Å². The normalized spacial score (nSPS) is 12.7. The average molecular weight is 381 g/mol. The summed E-state index contributed by atoms with van der Waals surface area (Å²) in [6.07, 6.45) is -4.36. The van der Waals surface area contributed by atoms with E-state index in [4.69, 9.17) is 4.74 Å². The van der Waals surface area contributed by atoms with Crippen molar-refractivity contribution < 1.29 is 27.4 Å². The van der Waals surface area contributed by atoms with Crippen LogP contribution in [0.5, 0.6) is 5.75 Å². The van der Waals surface area contributed by atoms with Crippen LogP contribution in [0.3, 0.4) is 0 Å². The highest BCUT2D eigenvalue weighted by atomic mass is 19.4. The molecule has 0 aliphatic rings. The Morgan fingerprint density at radius 2 is 1.67 bits per heavy atom. The van der Waals surface area contributed by atoms with Crippen LogP contribution >= 0.6 is 0 Å². The number of benzene rings is 2. The Morgan fingerprint density at radius 1 is 1.04 bits per heavy atom. The van der Waals surface area contributed by atoms with Crippen molar-refractivity contribution in [2.45, 2.75) is 25.3 Å². The first-order chi connectivity index (χ1) is 12.8. The van der Waals surface area contributed by atoms with E-state index in [1.807, 2.05) is 44.4 Å². The van der Waals surface area contributed by atoms with Gasteiger partial charge in [-0.1, -0.05) is 42.5 Å². The zero-order chi connectivity index (χ0) is 19.9. The molecule has 1 unspecified atom stereocenters. The van der Waals surface area contributed by atoms with Crippen LogP contribution in [-0.2, 0) is 16.1 Å². The van der Waals surface area contributed by atoms with E-state index < -0.39 is 18.8 Å². The highest BCUT2D eigenvalue weighted by Crippen LogP contribution is 2.25. The molecule has 2 rings (SSSR count). The SMILES string of the molecule is CN(C)CCC(Oc1ccc(COC(=O)C(F)(F)F)cc1)c1ccccc1. The number of alkyl halides is 3. The summed E-state index contributed by atoms with van der Waals surface area (Å²) < 4.78 is 46.8. The number of nitrogens with zero attached hydrogens (tertiary/aromatic N) is 1. The molecule has 0 bridgehead atoms. The number of esters is 1. The molecule has 0 N–H and O–H groups in total. The van der Waals surface area contributed by atoms with E-state index in [-0.39, 0.29) is 6.10 Å². The molecule has 0 amide bonds. The van der Waals surface area contributed by atoms with Gasteiger partial charge in [-0.25, -0.2) is 4.79 Å². The van der Waals surface area contributed by atoms with Crippen LogP contribution < -0.4 is 4.74 Å². The summed E-state index contributed by atoms with van der Waals surface area (Å²) in [4.78, 5) is 12.8. The lowest BCUT2D eigenvalue weighted by Gasteiger charge is -2.21. The van der Waals surface area contributed by atoms with Gasteiger partial charge >= 0.3 is 12.1 Å². The van der Waals surface area contributed by atoms with Crippen LogP contribution in [0.2, 0.25) is 0 Å². The summed E-state index contributed by atoms with van der Waals surface area (Å²) >= 11 is 0. The molecule has 7 heteroatoms. The summed E-state index contributed by atoms with van der Waals surface area (Å²) in [6, 6.07) is 16.3. The second-order valence-corrected chi connectivity index (χ2v) is 6.33. The Kier molecular flexibility index (Phi) is 7.24. The van der Waals surface area contributed by atoms with Crippen molar-refractivity contribution >= 4 is 5.97 Å². The summed E-state index contributed by atoms with van der Waals surface area (Å²) in [5, 5.41) is 0. The molecule has 0 saturated heterocycles. The Hall–Kier alpha value is -2.54. The number of rotatable bonds is 8. The van der Waals surface area contributed by atoms with Gasteiger partial charge in [0.2, 0.25) is 0 Å². The van der Waals surface area contributed by atoms with Crippen LogP contribution in [0.4, 0.5) is 13.2 Å². The third-order valence-electron chi connectivity index (χ3n) is 3.81. The minimum absolute atomic E-state index is 0.150. The lowest BCUT2D eigenvalue weighted by Crippen LogP contribution is -2.25. The number of halogens is 3. The molecule has 0 aliphatic carbocycles. The Morgan fingerprint density at radius 3 is 2.22 bits per heavy atom. The molecular weight excluding hydrogens is 359 g/mol. The molecule has 0 saturated carbocycles.